The molecule has 2 saturated heterocycles. The van der Waals surface area contributed by atoms with Crippen LogP contribution in [0.3, 0.4) is 0 Å². The lowest BCUT2D eigenvalue weighted by molar-refractivity contribution is 0.0159. The lowest BCUT2D eigenvalue weighted by atomic mass is 10.0. The first-order valence-electron chi connectivity index (χ1n) is 12.3. The van der Waals surface area contributed by atoms with Crippen molar-refractivity contribution in [3.8, 4) is 11.4 Å². The molecule has 1 aromatic carbocycles. The molecule has 7 heteroatoms. The molecule has 2 fully saturated rings. The number of hydrogen-bond acceptors (Lipinski definition) is 6. The van der Waals surface area contributed by atoms with Crippen molar-refractivity contribution in [3.05, 3.63) is 51.4 Å². The van der Waals surface area contributed by atoms with E-state index < -0.39 is 0 Å². The molecule has 3 atom stereocenters. The van der Waals surface area contributed by atoms with Gasteiger partial charge in [0, 0.05) is 24.1 Å². The molecular formula is C27H35N3O3S. The minimum Gasteiger partial charge on any atom is -0.490 e. The maximum atomic E-state index is 13.3. The van der Waals surface area contributed by atoms with Gasteiger partial charge >= 0.3 is 0 Å². The van der Waals surface area contributed by atoms with E-state index in [2.05, 4.69) is 37.7 Å². The second kappa shape index (κ2) is 9.10. The number of aryl methyl sites for hydroxylation is 2. The number of benzene rings is 1. The van der Waals surface area contributed by atoms with Gasteiger partial charge in [-0.15, -0.1) is 11.3 Å². The zero-order valence-electron chi connectivity index (χ0n) is 20.8. The normalized spacial score (nSPS) is 23.0. The van der Waals surface area contributed by atoms with Crippen molar-refractivity contribution in [1.82, 2.24) is 14.5 Å². The summed E-state index contributed by atoms with van der Waals surface area (Å²) in [6.45, 7) is 6.22. The summed E-state index contributed by atoms with van der Waals surface area (Å²) in [7, 11) is 3.99. The molecule has 34 heavy (non-hydrogen) atoms. The van der Waals surface area contributed by atoms with Gasteiger partial charge in [-0.05, 0) is 96.2 Å². The Hall–Kier alpha value is -2.22. The molecule has 6 nitrogen and oxygen atoms in total. The van der Waals surface area contributed by atoms with Crippen LogP contribution >= 0.6 is 11.3 Å². The van der Waals surface area contributed by atoms with E-state index in [9.17, 15) is 4.79 Å². The number of piperidine rings is 1. The van der Waals surface area contributed by atoms with Crippen LogP contribution in [0.15, 0.2) is 35.4 Å². The van der Waals surface area contributed by atoms with Crippen LogP contribution in [-0.2, 0) is 11.2 Å². The molecule has 0 N–H and O–H groups in total. The van der Waals surface area contributed by atoms with Gasteiger partial charge in [0.1, 0.15) is 22.9 Å². The Kier molecular flexibility index (Phi) is 6.29. The molecule has 5 rings (SSSR count). The van der Waals surface area contributed by atoms with E-state index >= 15 is 0 Å². The Morgan fingerprint density at radius 3 is 2.59 bits per heavy atom. The average molecular weight is 482 g/mol. The highest BCUT2D eigenvalue weighted by atomic mass is 32.1. The zero-order valence-corrected chi connectivity index (χ0v) is 21.7. The van der Waals surface area contributed by atoms with Crippen LogP contribution in [0.5, 0.6) is 5.75 Å². The van der Waals surface area contributed by atoms with Gasteiger partial charge in [0.05, 0.1) is 16.8 Å². The van der Waals surface area contributed by atoms with Crippen LogP contribution in [0.25, 0.3) is 15.9 Å². The fourth-order valence-corrected chi connectivity index (χ4v) is 6.39. The van der Waals surface area contributed by atoms with Gasteiger partial charge in [0.2, 0.25) is 0 Å². The Morgan fingerprint density at radius 2 is 1.91 bits per heavy atom. The molecule has 1 unspecified atom stereocenters. The highest BCUT2D eigenvalue weighted by Crippen LogP contribution is 2.36. The summed E-state index contributed by atoms with van der Waals surface area (Å²) in [6, 6.07) is 9.34. The van der Waals surface area contributed by atoms with Gasteiger partial charge < -0.3 is 14.4 Å². The van der Waals surface area contributed by atoms with Gasteiger partial charge in [-0.3, -0.25) is 9.36 Å². The minimum absolute atomic E-state index is 0.0211. The first kappa shape index (κ1) is 23.5. The third kappa shape index (κ3) is 4.53. The molecule has 0 spiro atoms. The van der Waals surface area contributed by atoms with Crippen molar-refractivity contribution in [3.63, 3.8) is 0 Å². The van der Waals surface area contributed by atoms with E-state index in [1.807, 2.05) is 24.3 Å². The zero-order chi connectivity index (χ0) is 24.0. The summed E-state index contributed by atoms with van der Waals surface area (Å²) in [5, 5.41) is 0. The number of methoxy groups -OCH3 is 1. The van der Waals surface area contributed by atoms with Gasteiger partial charge in [-0.1, -0.05) is 0 Å². The van der Waals surface area contributed by atoms with Crippen LogP contribution in [0.4, 0.5) is 0 Å². The number of nitrogens with zero attached hydrogens (tertiary/aromatic N) is 3. The smallest absolute Gasteiger partial charge is 0.275 e. The third-order valence-corrected chi connectivity index (χ3v) is 8.97. The summed E-state index contributed by atoms with van der Waals surface area (Å²) >= 11 is 1.54. The lowest BCUT2D eigenvalue weighted by Gasteiger charge is -2.36. The van der Waals surface area contributed by atoms with Crippen molar-refractivity contribution in [2.45, 2.75) is 83.1 Å². The van der Waals surface area contributed by atoms with Gasteiger partial charge in [0.25, 0.3) is 5.56 Å². The van der Waals surface area contributed by atoms with Crippen LogP contribution in [0.2, 0.25) is 0 Å². The molecule has 0 radical (unpaired) electrons. The number of ether oxygens (including phenoxy) is 2. The molecule has 182 valence electrons. The lowest BCUT2D eigenvalue weighted by Crippen LogP contribution is -2.43. The largest absolute Gasteiger partial charge is 0.490 e. The molecular weight excluding hydrogens is 446 g/mol. The van der Waals surface area contributed by atoms with Crippen molar-refractivity contribution in [2.75, 3.05) is 14.2 Å². The van der Waals surface area contributed by atoms with Gasteiger partial charge in [-0.25, -0.2) is 4.98 Å². The Labute approximate surface area is 205 Å². The maximum Gasteiger partial charge on any atom is 0.275 e. The molecule has 0 aliphatic carbocycles. The van der Waals surface area contributed by atoms with E-state index in [0.717, 1.165) is 53.1 Å². The van der Waals surface area contributed by atoms with E-state index in [-0.39, 0.29) is 17.3 Å². The van der Waals surface area contributed by atoms with Crippen LogP contribution in [0, 0.1) is 6.92 Å². The first-order valence-corrected chi connectivity index (χ1v) is 13.1. The van der Waals surface area contributed by atoms with E-state index in [1.165, 1.54) is 12.8 Å². The molecule has 3 aromatic rings. The average Bonchev–Trinajstić information content (AvgIpc) is 3.31. The SMILES string of the molecule is COC(C)(C)CCc1cc2ncn(-c3ccc(OC4C[C@H]5CC[C@@H](C4)N5C)c(C)c3)c(=O)c2s1. The van der Waals surface area contributed by atoms with Crippen molar-refractivity contribution < 1.29 is 9.47 Å². The van der Waals surface area contributed by atoms with Gasteiger partial charge in [0.15, 0.2) is 0 Å². The summed E-state index contributed by atoms with van der Waals surface area (Å²) in [4.78, 5) is 21.6. The van der Waals surface area contributed by atoms with E-state index in [1.54, 1.807) is 29.3 Å². The molecule has 2 bridgehead atoms. The quantitative estimate of drug-likeness (QED) is 0.469. The topological polar surface area (TPSA) is 56.6 Å². The fraction of sp³-hybridized carbons (Fsp3) is 0.556. The third-order valence-electron chi connectivity index (χ3n) is 7.80. The highest BCUT2D eigenvalue weighted by Gasteiger charge is 2.39. The molecule has 2 aliphatic rings. The number of fused-ring (bicyclic) bond motifs is 3. The van der Waals surface area contributed by atoms with Crippen molar-refractivity contribution in [1.29, 1.82) is 0 Å². The first-order chi connectivity index (χ1) is 16.2. The molecule has 2 aliphatic heterocycles. The van der Waals surface area contributed by atoms with Gasteiger partial charge in [-0.2, -0.15) is 0 Å². The predicted octanol–water partition coefficient (Wildman–Crippen LogP) is 5.12. The second-order valence-electron chi connectivity index (χ2n) is 10.5. The predicted molar refractivity (Wildman–Crippen MR) is 138 cm³/mol. The minimum atomic E-state index is -0.182. The summed E-state index contributed by atoms with van der Waals surface area (Å²) in [5.74, 6) is 0.916. The number of rotatable bonds is 7. The van der Waals surface area contributed by atoms with E-state index in [4.69, 9.17) is 9.47 Å². The Balaban J connectivity index is 1.34. The number of thiophene rings is 1. The molecule has 2 aromatic heterocycles. The Morgan fingerprint density at radius 1 is 1.18 bits per heavy atom. The second-order valence-corrected chi connectivity index (χ2v) is 11.7. The molecule has 0 saturated carbocycles. The van der Waals surface area contributed by atoms with Crippen LogP contribution in [-0.4, -0.2) is 52.4 Å². The Bertz CT molecular complexity index is 1230. The number of hydrogen-bond donors (Lipinski definition) is 0. The molecule has 0 amide bonds. The summed E-state index contributed by atoms with van der Waals surface area (Å²) < 4.78 is 14.3. The van der Waals surface area contributed by atoms with Crippen molar-refractivity contribution >= 4 is 21.6 Å². The van der Waals surface area contributed by atoms with Crippen molar-refractivity contribution in [2.24, 2.45) is 0 Å². The summed E-state index contributed by atoms with van der Waals surface area (Å²) in [6.07, 6.45) is 8.43. The van der Waals surface area contributed by atoms with E-state index in [0.29, 0.717) is 16.8 Å². The monoisotopic (exact) mass is 481 g/mol. The number of aromatic nitrogens is 2. The highest BCUT2D eigenvalue weighted by molar-refractivity contribution is 7.18. The fourth-order valence-electron chi connectivity index (χ4n) is 5.35. The molecule has 4 heterocycles. The summed E-state index contributed by atoms with van der Waals surface area (Å²) in [5.41, 5.74) is 2.43. The van der Waals surface area contributed by atoms with Crippen LogP contribution < -0.4 is 10.3 Å². The maximum absolute atomic E-state index is 13.3. The van der Waals surface area contributed by atoms with Crippen LogP contribution in [0.1, 0.15) is 56.4 Å². The standard InChI is InChI=1S/C27H35N3O3S/c1-17-12-20(8-9-24(17)33-21-13-18-6-7-19(14-21)29(18)4)30-16-28-23-15-22(34-25(23)26(30)31)10-11-27(2,3)32-5/h8-9,12,15-16,18-19,21H,6-7,10-11,13-14H2,1-5H3/t18-,19+,21?.